The van der Waals surface area contributed by atoms with Crippen molar-refractivity contribution < 1.29 is 9.90 Å². The lowest BCUT2D eigenvalue weighted by molar-refractivity contribution is 0.0945. The minimum absolute atomic E-state index is 0.0537. The zero-order valence-electron chi connectivity index (χ0n) is 12.5. The Labute approximate surface area is 125 Å². The molecule has 3 nitrogen and oxygen atoms in total. The van der Waals surface area contributed by atoms with E-state index in [1.807, 2.05) is 24.3 Å². The summed E-state index contributed by atoms with van der Waals surface area (Å²) in [5.41, 5.74) is 4.02. The molecule has 0 saturated heterocycles. The molecule has 0 bridgehead atoms. The summed E-state index contributed by atoms with van der Waals surface area (Å²) in [6.07, 6.45) is 0. The molecular weight excluding hydrogens is 262 g/mol. The van der Waals surface area contributed by atoms with Crippen molar-refractivity contribution in [1.29, 1.82) is 0 Å². The van der Waals surface area contributed by atoms with Gasteiger partial charge in [-0.25, -0.2) is 0 Å². The molecule has 1 amide bonds. The average Bonchev–Trinajstić information content (AvgIpc) is 2.52. The molecule has 2 rings (SSSR count). The largest absolute Gasteiger partial charge is 0.395 e. The summed E-state index contributed by atoms with van der Waals surface area (Å²) in [7, 11) is 0. The fourth-order valence-corrected chi connectivity index (χ4v) is 2.19. The van der Waals surface area contributed by atoms with Crippen LogP contribution < -0.4 is 5.32 Å². The van der Waals surface area contributed by atoms with E-state index in [-0.39, 0.29) is 19.1 Å². The lowest BCUT2D eigenvalue weighted by Gasteiger charge is -2.10. The van der Waals surface area contributed by atoms with Gasteiger partial charge in [0.1, 0.15) is 0 Å². The number of benzene rings is 2. The minimum Gasteiger partial charge on any atom is -0.395 e. The molecule has 2 aromatic rings. The maximum atomic E-state index is 11.9. The van der Waals surface area contributed by atoms with Crippen LogP contribution in [0.25, 0.3) is 11.1 Å². The normalized spacial score (nSPS) is 10.7. The smallest absolute Gasteiger partial charge is 0.251 e. The summed E-state index contributed by atoms with van der Waals surface area (Å²) in [6, 6.07) is 15.9. The minimum atomic E-state index is -0.161. The van der Waals surface area contributed by atoms with Crippen molar-refractivity contribution in [1.82, 2.24) is 5.32 Å². The summed E-state index contributed by atoms with van der Waals surface area (Å²) in [5.74, 6) is 0.312. The molecule has 0 radical (unpaired) electrons. The van der Waals surface area contributed by atoms with E-state index in [2.05, 4.69) is 37.4 Å². The molecule has 2 N–H and O–H groups in total. The predicted molar refractivity (Wildman–Crippen MR) is 85.4 cm³/mol. The van der Waals surface area contributed by atoms with Crippen LogP contribution in [0.5, 0.6) is 0 Å². The van der Waals surface area contributed by atoms with Crippen molar-refractivity contribution in [3.05, 3.63) is 59.7 Å². The molecule has 0 aliphatic carbocycles. The van der Waals surface area contributed by atoms with Crippen LogP contribution in [0.1, 0.15) is 35.7 Å². The van der Waals surface area contributed by atoms with Gasteiger partial charge in [-0.3, -0.25) is 4.79 Å². The van der Waals surface area contributed by atoms with Crippen LogP contribution in [0.4, 0.5) is 0 Å². The van der Waals surface area contributed by atoms with Gasteiger partial charge in [0.25, 0.3) is 5.91 Å². The highest BCUT2D eigenvalue weighted by Crippen LogP contribution is 2.24. The quantitative estimate of drug-likeness (QED) is 0.885. The van der Waals surface area contributed by atoms with Crippen LogP contribution in [-0.2, 0) is 0 Å². The number of hydrogen-bond acceptors (Lipinski definition) is 2. The number of carbonyl (C=O) groups excluding carboxylic acids is 1. The van der Waals surface area contributed by atoms with Crippen LogP contribution in [0.2, 0.25) is 0 Å². The van der Waals surface area contributed by atoms with Gasteiger partial charge in [0.15, 0.2) is 0 Å². The molecular formula is C18H21NO2. The van der Waals surface area contributed by atoms with Crippen molar-refractivity contribution in [3.8, 4) is 11.1 Å². The molecule has 0 atom stereocenters. The third-order valence-electron chi connectivity index (χ3n) is 3.41. The zero-order valence-corrected chi connectivity index (χ0v) is 12.5. The van der Waals surface area contributed by atoms with E-state index in [4.69, 9.17) is 5.11 Å². The van der Waals surface area contributed by atoms with Crippen molar-refractivity contribution in [3.63, 3.8) is 0 Å². The Bertz CT molecular complexity index is 620. The predicted octanol–water partition coefficient (Wildman–Crippen LogP) is 3.20. The average molecular weight is 283 g/mol. The van der Waals surface area contributed by atoms with Gasteiger partial charge in [0.2, 0.25) is 0 Å². The first kappa shape index (κ1) is 15.3. The molecule has 0 aliphatic rings. The Morgan fingerprint density at radius 2 is 1.76 bits per heavy atom. The summed E-state index contributed by atoms with van der Waals surface area (Å²) in [5, 5.41) is 11.4. The van der Waals surface area contributed by atoms with Gasteiger partial charge >= 0.3 is 0 Å². The standard InChI is InChI=1S/C18H21NO2/c1-13(2)14-5-3-6-15(11-14)16-7-4-8-17(12-16)18(21)19-9-10-20/h3-8,11-13,20H,9-10H2,1-2H3,(H,19,21). The van der Waals surface area contributed by atoms with Gasteiger partial charge in [-0.1, -0.05) is 50.2 Å². The Kier molecular flexibility index (Phi) is 5.12. The number of amides is 1. The highest BCUT2D eigenvalue weighted by molar-refractivity contribution is 5.95. The molecule has 0 aliphatic heterocycles. The number of aliphatic hydroxyl groups excluding tert-OH is 1. The number of nitrogens with one attached hydrogen (secondary N) is 1. The first-order valence-corrected chi connectivity index (χ1v) is 7.21. The van der Waals surface area contributed by atoms with Crippen LogP contribution in [0.15, 0.2) is 48.5 Å². The SMILES string of the molecule is CC(C)c1cccc(-c2cccc(C(=O)NCCO)c2)c1. The van der Waals surface area contributed by atoms with E-state index in [1.165, 1.54) is 5.56 Å². The number of rotatable bonds is 5. The Balaban J connectivity index is 2.28. The van der Waals surface area contributed by atoms with Crippen molar-refractivity contribution in [2.24, 2.45) is 0 Å². The fourth-order valence-electron chi connectivity index (χ4n) is 2.19. The lowest BCUT2D eigenvalue weighted by Crippen LogP contribution is -2.26. The van der Waals surface area contributed by atoms with E-state index in [1.54, 1.807) is 6.07 Å². The zero-order chi connectivity index (χ0) is 15.2. The van der Waals surface area contributed by atoms with E-state index < -0.39 is 0 Å². The van der Waals surface area contributed by atoms with Crippen LogP contribution >= 0.6 is 0 Å². The highest BCUT2D eigenvalue weighted by atomic mass is 16.3. The molecule has 3 heteroatoms. The van der Waals surface area contributed by atoms with Crippen LogP contribution in [0.3, 0.4) is 0 Å². The second-order valence-corrected chi connectivity index (χ2v) is 5.34. The van der Waals surface area contributed by atoms with Crippen molar-refractivity contribution >= 4 is 5.91 Å². The Hall–Kier alpha value is -2.13. The molecule has 110 valence electrons. The number of hydrogen-bond donors (Lipinski definition) is 2. The molecule has 0 saturated carbocycles. The summed E-state index contributed by atoms with van der Waals surface area (Å²) < 4.78 is 0. The highest BCUT2D eigenvalue weighted by Gasteiger charge is 2.07. The van der Waals surface area contributed by atoms with E-state index in [9.17, 15) is 4.79 Å². The molecule has 0 unspecified atom stereocenters. The molecule has 0 fully saturated rings. The fraction of sp³-hybridized carbons (Fsp3) is 0.278. The maximum Gasteiger partial charge on any atom is 0.251 e. The Morgan fingerprint density at radius 3 is 2.43 bits per heavy atom. The number of aliphatic hydroxyl groups is 1. The van der Waals surface area contributed by atoms with Crippen LogP contribution in [0, 0.1) is 0 Å². The van der Waals surface area contributed by atoms with Crippen LogP contribution in [-0.4, -0.2) is 24.2 Å². The van der Waals surface area contributed by atoms with E-state index in [0.717, 1.165) is 11.1 Å². The first-order valence-electron chi connectivity index (χ1n) is 7.21. The summed E-state index contributed by atoms with van der Waals surface area (Å²) in [6.45, 7) is 4.55. The molecule has 0 heterocycles. The second kappa shape index (κ2) is 7.04. The van der Waals surface area contributed by atoms with Gasteiger partial charge in [-0.05, 0) is 34.7 Å². The van der Waals surface area contributed by atoms with Crippen molar-refractivity contribution in [2.45, 2.75) is 19.8 Å². The third-order valence-corrected chi connectivity index (χ3v) is 3.41. The lowest BCUT2D eigenvalue weighted by atomic mass is 9.96. The van der Waals surface area contributed by atoms with Crippen molar-refractivity contribution in [2.75, 3.05) is 13.2 Å². The maximum absolute atomic E-state index is 11.9. The monoisotopic (exact) mass is 283 g/mol. The molecule has 2 aromatic carbocycles. The third kappa shape index (κ3) is 3.92. The second-order valence-electron chi connectivity index (χ2n) is 5.34. The van der Waals surface area contributed by atoms with E-state index >= 15 is 0 Å². The Morgan fingerprint density at radius 1 is 1.10 bits per heavy atom. The van der Waals surface area contributed by atoms with Gasteiger partial charge in [0, 0.05) is 12.1 Å². The molecule has 21 heavy (non-hydrogen) atoms. The number of carbonyl (C=O) groups is 1. The van der Waals surface area contributed by atoms with Gasteiger partial charge in [-0.15, -0.1) is 0 Å². The first-order chi connectivity index (χ1) is 10.1. The van der Waals surface area contributed by atoms with Gasteiger partial charge in [-0.2, -0.15) is 0 Å². The topological polar surface area (TPSA) is 49.3 Å². The van der Waals surface area contributed by atoms with Gasteiger partial charge < -0.3 is 10.4 Å². The summed E-state index contributed by atoms with van der Waals surface area (Å²) >= 11 is 0. The molecule has 0 aromatic heterocycles. The van der Waals surface area contributed by atoms with E-state index in [0.29, 0.717) is 11.5 Å². The molecule has 0 spiro atoms. The van der Waals surface area contributed by atoms with Gasteiger partial charge in [0.05, 0.1) is 6.61 Å². The summed E-state index contributed by atoms with van der Waals surface area (Å²) in [4.78, 5) is 11.9.